The van der Waals surface area contributed by atoms with Gasteiger partial charge in [-0.3, -0.25) is 0 Å². The van der Waals surface area contributed by atoms with E-state index in [1.165, 1.54) is 18.0 Å². The van der Waals surface area contributed by atoms with Crippen molar-refractivity contribution in [3.63, 3.8) is 0 Å². The quantitative estimate of drug-likeness (QED) is 0.671. The highest BCUT2D eigenvalue weighted by molar-refractivity contribution is 7.99. The summed E-state index contributed by atoms with van der Waals surface area (Å²) >= 11 is 7.25. The highest BCUT2D eigenvalue weighted by Crippen LogP contribution is 2.44. The first kappa shape index (κ1) is 17.1. The van der Waals surface area contributed by atoms with Crippen LogP contribution >= 0.6 is 23.4 Å². The SMILES string of the molecule is Cc1cc(-c2nc(C3CC3)oc2Sc2ccc(Cl)cn2)cnc1C(=O)O. The molecule has 0 aromatic carbocycles. The largest absolute Gasteiger partial charge is 0.477 e. The molecule has 1 N–H and O–H groups in total. The molecule has 0 radical (unpaired) electrons. The van der Waals surface area contributed by atoms with Gasteiger partial charge in [0.05, 0.1) is 5.02 Å². The van der Waals surface area contributed by atoms with E-state index in [0.29, 0.717) is 33.2 Å². The van der Waals surface area contributed by atoms with Crippen LogP contribution in [0.3, 0.4) is 0 Å². The van der Waals surface area contributed by atoms with Crippen molar-refractivity contribution < 1.29 is 14.3 Å². The molecule has 0 spiro atoms. The van der Waals surface area contributed by atoms with Gasteiger partial charge in [-0.1, -0.05) is 11.6 Å². The Bertz CT molecular complexity index is 984. The maximum atomic E-state index is 11.2. The van der Waals surface area contributed by atoms with E-state index in [4.69, 9.17) is 21.1 Å². The van der Waals surface area contributed by atoms with Crippen LogP contribution in [0.15, 0.2) is 45.1 Å². The lowest BCUT2D eigenvalue weighted by atomic mass is 10.1. The zero-order valence-corrected chi connectivity index (χ0v) is 15.3. The third-order valence-corrected chi connectivity index (χ3v) is 5.13. The first-order chi connectivity index (χ1) is 12.5. The van der Waals surface area contributed by atoms with Gasteiger partial charge < -0.3 is 9.52 Å². The molecule has 3 aromatic heterocycles. The fraction of sp³-hybridized carbons (Fsp3) is 0.222. The van der Waals surface area contributed by atoms with Gasteiger partial charge in [0.1, 0.15) is 10.7 Å². The Labute approximate surface area is 158 Å². The number of hydrogen-bond acceptors (Lipinski definition) is 6. The Balaban J connectivity index is 1.73. The molecule has 8 heteroatoms. The first-order valence-corrected chi connectivity index (χ1v) is 9.21. The summed E-state index contributed by atoms with van der Waals surface area (Å²) in [6.07, 6.45) is 5.23. The summed E-state index contributed by atoms with van der Waals surface area (Å²) in [4.78, 5) is 24.2. The van der Waals surface area contributed by atoms with Gasteiger partial charge in [0.15, 0.2) is 16.7 Å². The Hall–Kier alpha value is -2.38. The van der Waals surface area contributed by atoms with E-state index in [9.17, 15) is 4.79 Å². The van der Waals surface area contributed by atoms with E-state index in [-0.39, 0.29) is 5.69 Å². The molecule has 1 aliphatic rings. The maximum absolute atomic E-state index is 11.2. The van der Waals surface area contributed by atoms with Gasteiger partial charge in [-0.25, -0.2) is 19.7 Å². The second kappa shape index (κ2) is 6.74. The number of halogens is 1. The molecule has 0 saturated heterocycles. The van der Waals surface area contributed by atoms with E-state index < -0.39 is 5.97 Å². The molecular weight excluding hydrogens is 374 g/mol. The number of aromatic carboxylic acids is 1. The van der Waals surface area contributed by atoms with Gasteiger partial charge in [0.2, 0.25) is 0 Å². The lowest BCUT2D eigenvalue weighted by Gasteiger charge is -2.04. The number of hydrogen-bond donors (Lipinski definition) is 1. The van der Waals surface area contributed by atoms with Crippen LogP contribution in [-0.4, -0.2) is 26.0 Å². The predicted octanol–water partition coefficient (Wildman–Crippen LogP) is 4.82. The third kappa shape index (κ3) is 3.45. The van der Waals surface area contributed by atoms with Crippen LogP contribution in [0.1, 0.15) is 40.7 Å². The summed E-state index contributed by atoms with van der Waals surface area (Å²) in [6, 6.07) is 5.35. The average Bonchev–Trinajstić information content (AvgIpc) is 3.37. The molecule has 132 valence electrons. The van der Waals surface area contributed by atoms with Crippen LogP contribution in [0.5, 0.6) is 0 Å². The summed E-state index contributed by atoms with van der Waals surface area (Å²) in [7, 11) is 0. The molecule has 0 aliphatic heterocycles. The zero-order valence-electron chi connectivity index (χ0n) is 13.8. The van der Waals surface area contributed by atoms with Gasteiger partial charge in [-0.05, 0) is 55.3 Å². The number of rotatable bonds is 5. The lowest BCUT2D eigenvalue weighted by molar-refractivity contribution is 0.0689. The number of aromatic nitrogens is 3. The monoisotopic (exact) mass is 387 g/mol. The minimum Gasteiger partial charge on any atom is -0.477 e. The first-order valence-electron chi connectivity index (χ1n) is 8.01. The molecule has 1 aliphatic carbocycles. The summed E-state index contributed by atoms with van der Waals surface area (Å²) in [6.45, 7) is 1.72. The Kier molecular flexibility index (Phi) is 4.42. The fourth-order valence-electron chi connectivity index (χ4n) is 2.52. The lowest BCUT2D eigenvalue weighted by Crippen LogP contribution is -2.03. The van der Waals surface area contributed by atoms with Crippen molar-refractivity contribution in [2.24, 2.45) is 0 Å². The van der Waals surface area contributed by atoms with Crippen molar-refractivity contribution in [2.75, 3.05) is 0 Å². The number of carboxylic acids is 1. The normalized spacial score (nSPS) is 13.8. The van der Waals surface area contributed by atoms with Crippen LogP contribution in [0.4, 0.5) is 0 Å². The van der Waals surface area contributed by atoms with Crippen LogP contribution in [0, 0.1) is 6.92 Å². The highest BCUT2D eigenvalue weighted by atomic mass is 35.5. The van der Waals surface area contributed by atoms with Gasteiger partial charge >= 0.3 is 5.97 Å². The van der Waals surface area contributed by atoms with Gasteiger partial charge in [-0.15, -0.1) is 0 Å². The van der Waals surface area contributed by atoms with Crippen LogP contribution < -0.4 is 0 Å². The molecule has 0 atom stereocenters. The number of carboxylic acid groups (broad SMARTS) is 1. The topological polar surface area (TPSA) is 89.1 Å². The van der Waals surface area contributed by atoms with E-state index in [1.54, 1.807) is 25.3 Å². The molecule has 0 bridgehead atoms. The second-order valence-electron chi connectivity index (χ2n) is 6.07. The Morgan fingerprint density at radius 3 is 2.73 bits per heavy atom. The smallest absolute Gasteiger partial charge is 0.354 e. The molecule has 0 amide bonds. The van der Waals surface area contributed by atoms with Gasteiger partial charge in [0, 0.05) is 23.9 Å². The van der Waals surface area contributed by atoms with Crippen molar-refractivity contribution in [3.05, 3.63) is 52.8 Å². The number of aryl methyl sites for hydroxylation is 1. The van der Waals surface area contributed by atoms with E-state index in [0.717, 1.165) is 23.4 Å². The summed E-state index contributed by atoms with van der Waals surface area (Å²) < 4.78 is 5.98. The molecule has 6 nitrogen and oxygen atoms in total. The standard InChI is InChI=1S/C18H14ClN3O3S/c1-9-6-11(7-21-14(9)17(23)24)15-18(25-16(22-15)10-2-3-10)26-13-5-4-12(19)8-20-13/h4-8,10H,2-3H2,1H3,(H,23,24). The average molecular weight is 388 g/mol. The molecule has 3 heterocycles. The molecule has 1 saturated carbocycles. The summed E-state index contributed by atoms with van der Waals surface area (Å²) in [5.74, 6) is 0.0119. The number of pyridine rings is 2. The van der Waals surface area contributed by atoms with Crippen molar-refractivity contribution in [3.8, 4) is 11.3 Å². The fourth-order valence-corrected chi connectivity index (χ4v) is 3.45. The number of carbonyl (C=O) groups is 1. The van der Waals surface area contributed by atoms with E-state index >= 15 is 0 Å². The zero-order chi connectivity index (χ0) is 18.3. The molecule has 1 fully saturated rings. The molecule has 3 aromatic rings. The van der Waals surface area contributed by atoms with E-state index in [2.05, 4.69) is 15.0 Å². The Morgan fingerprint density at radius 1 is 1.31 bits per heavy atom. The summed E-state index contributed by atoms with van der Waals surface area (Å²) in [5.41, 5.74) is 1.99. The van der Waals surface area contributed by atoms with Gasteiger partial charge in [0.25, 0.3) is 0 Å². The van der Waals surface area contributed by atoms with Crippen molar-refractivity contribution >= 4 is 29.3 Å². The minimum absolute atomic E-state index is 0.0354. The van der Waals surface area contributed by atoms with Crippen molar-refractivity contribution in [1.82, 2.24) is 15.0 Å². The minimum atomic E-state index is -1.05. The van der Waals surface area contributed by atoms with Gasteiger partial charge in [-0.2, -0.15) is 0 Å². The number of nitrogens with zero attached hydrogens (tertiary/aromatic N) is 3. The van der Waals surface area contributed by atoms with Crippen LogP contribution in [0.25, 0.3) is 11.3 Å². The summed E-state index contributed by atoms with van der Waals surface area (Å²) in [5, 5.41) is 11.1. The van der Waals surface area contributed by atoms with Crippen molar-refractivity contribution in [1.29, 1.82) is 0 Å². The molecule has 26 heavy (non-hydrogen) atoms. The highest BCUT2D eigenvalue weighted by Gasteiger charge is 2.31. The van der Waals surface area contributed by atoms with Crippen LogP contribution in [0.2, 0.25) is 5.02 Å². The second-order valence-corrected chi connectivity index (χ2v) is 7.50. The van der Waals surface area contributed by atoms with E-state index in [1.807, 2.05) is 6.07 Å². The molecule has 0 unspecified atom stereocenters. The van der Waals surface area contributed by atoms with Crippen LogP contribution in [-0.2, 0) is 0 Å². The third-order valence-electron chi connectivity index (χ3n) is 3.99. The Morgan fingerprint density at radius 2 is 2.12 bits per heavy atom. The molecular formula is C18H14ClN3O3S. The predicted molar refractivity (Wildman–Crippen MR) is 96.8 cm³/mol. The molecule has 4 rings (SSSR count). The maximum Gasteiger partial charge on any atom is 0.354 e. The number of oxazole rings is 1. The van der Waals surface area contributed by atoms with Crippen molar-refractivity contribution in [2.45, 2.75) is 35.8 Å².